The molecule has 0 saturated heterocycles. The average Bonchev–Trinajstić information content (AvgIpc) is 2.73. The maximum atomic E-state index is 12.8. The number of nitrogens with zero attached hydrogens (tertiary/aromatic N) is 3. The third-order valence-corrected chi connectivity index (χ3v) is 4.83. The molecule has 1 aliphatic rings. The standard InChI is InChI=1S/C22H22N4O2/c1-15-4-3-5-18(12-15)24-22-23-13-17-14-26(11-10-20(17)25-22)21(27)16-6-8-19(28-2)9-7-16/h3-9,12-13H,10-11,14H2,1-2H3,(H,23,24,25). The number of hydrogen-bond acceptors (Lipinski definition) is 5. The number of ether oxygens (including phenoxy) is 1. The highest BCUT2D eigenvalue weighted by molar-refractivity contribution is 5.94. The molecule has 0 bridgehead atoms. The van der Waals surface area contributed by atoms with E-state index in [2.05, 4.69) is 21.4 Å². The summed E-state index contributed by atoms with van der Waals surface area (Å²) >= 11 is 0. The van der Waals surface area contributed by atoms with Crippen molar-refractivity contribution < 1.29 is 9.53 Å². The van der Waals surface area contributed by atoms with Gasteiger partial charge in [0.1, 0.15) is 5.75 Å². The number of benzene rings is 2. The summed E-state index contributed by atoms with van der Waals surface area (Å²) in [6.07, 6.45) is 2.52. The van der Waals surface area contributed by atoms with Crippen LogP contribution in [0, 0.1) is 6.92 Å². The lowest BCUT2D eigenvalue weighted by Crippen LogP contribution is -2.36. The highest BCUT2D eigenvalue weighted by Gasteiger charge is 2.23. The van der Waals surface area contributed by atoms with Gasteiger partial charge in [0, 0.05) is 42.5 Å². The first-order chi connectivity index (χ1) is 13.6. The Hall–Kier alpha value is -3.41. The van der Waals surface area contributed by atoms with Crippen molar-refractivity contribution in [1.82, 2.24) is 14.9 Å². The third kappa shape index (κ3) is 3.81. The Morgan fingerprint density at radius 2 is 2.00 bits per heavy atom. The van der Waals surface area contributed by atoms with Crippen LogP contribution in [0.2, 0.25) is 0 Å². The SMILES string of the molecule is COc1ccc(C(=O)N2CCc3nc(Nc4cccc(C)c4)ncc3C2)cc1. The fourth-order valence-corrected chi connectivity index (χ4v) is 3.32. The summed E-state index contributed by atoms with van der Waals surface area (Å²) in [7, 11) is 1.61. The van der Waals surface area contributed by atoms with E-state index in [9.17, 15) is 4.79 Å². The van der Waals surface area contributed by atoms with Gasteiger partial charge in [0.25, 0.3) is 5.91 Å². The van der Waals surface area contributed by atoms with E-state index in [0.29, 0.717) is 31.0 Å². The van der Waals surface area contributed by atoms with Crippen molar-refractivity contribution in [3.8, 4) is 5.75 Å². The predicted octanol–water partition coefficient (Wildman–Crippen LogP) is 3.74. The van der Waals surface area contributed by atoms with Crippen molar-refractivity contribution in [2.24, 2.45) is 0 Å². The van der Waals surface area contributed by atoms with Crippen LogP contribution in [-0.2, 0) is 13.0 Å². The minimum absolute atomic E-state index is 0.00950. The Bertz CT molecular complexity index is 1000. The first kappa shape index (κ1) is 18.0. The molecule has 1 amide bonds. The quantitative estimate of drug-likeness (QED) is 0.754. The first-order valence-corrected chi connectivity index (χ1v) is 9.24. The molecule has 0 aliphatic carbocycles. The second-order valence-corrected chi connectivity index (χ2v) is 6.87. The molecule has 0 spiro atoms. The summed E-state index contributed by atoms with van der Waals surface area (Å²) < 4.78 is 5.15. The van der Waals surface area contributed by atoms with Crippen LogP contribution in [-0.4, -0.2) is 34.4 Å². The molecule has 4 rings (SSSR count). The van der Waals surface area contributed by atoms with E-state index in [0.717, 1.165) is 22.7 Å². The number of nitrogens with one attached hydrogen (secondary N) is 1. The number of carbonyl (C=O) groups excluding carboxylic acids is 1. The number of rotatable bonds is 4. The lowest BCUT2D eigenvalue weighted by atomic mass is 10.1. The number of aryl methyl sites for hydroxylation is 1. The van der Waals surface area contributed by atoms with E-state index in [4.69, 9.17) is 4.74 Å². The van der Waals surface area contributed by atoms with Gasteiger partial charge in [-0.15, -0.1) is 0 Å². The Labute approximate surface area is 164 Å². The van der Waals surface area contributed by atoms with Crippen LogP contribution in [0.25, 0.3) is 0 Å². The van der Waals surface area contributed by atoms with E-state index in [-0.39, 0.29) is 5.91 Å². The molecule has 1 aromatic heterocycles. The average molecular weight is 374 g/mol. The van der Waals surface area contributed by atoms with Crippen molar-refractivity contribution in [3.05, 3.63) is 77.1 Å². The van der Waals surface area contributed by atoms with Crippen LogP contribution in [0.1, 0.15) is 27.2 Å². The molecule has 6 nitrogen and oxygen atoms in total. The van der Waals surface area contributed by atoms with Gasteiger partial charge >= 0.3 is 0 Å². The second-order valence-electron chi connectivity index (χ2n) is 6.87. The molecule has 0 unspecified atom stereocenters. The van der Waals surface area contributed by atoms with Crippen LogP contribution in [0.3, 0.4) is 0 Å². The molecule has 28 heavy (non-hydrogen) atoms. The van der Waals surface area contributed by atoms with Crippen molar-refractivity contribution >= 4 is 17.5 Å². The molecule has 0 fully saturated rings. The van der Waals surface area contributed by atoms with Gasteiger partial charge in [0.2, 0.25) is 5.95 Å². The maximum absolute atomic E-state index is 12.8. The van der Waals surface area contributed by atoms with Gasteiger partial charge in [-0.05, 0) is 48.9 Å². The van der Waals surface area contributed by atoms with Gasteiger partial charge in [-0.25, -0.2) is 9.97 Å². The number of amides is 1. The zero-order valence-electron chi connectivity index (χ0n) is 16.0. The van der Waals surface area contributed by atoms with Crippen molar-refractivity contribution in [2.75, 3.05) is 19.0 Å². The third-order valence-electron chi connectivity index (χ3n) is 4.83. The molecule has 3 aromatic rings. The van der Waals surface area contributed by atoms with E-state index in [1.165, 1.54) is 5.56 Å². The summed E-state index contributed by atoms with van der Waals surface area (Å²) in [6.45, 7) is 3.21. The molecule has 0 radical (unpaired) electrons. The zero-order valence-corrected chi connectivity index (χ0v) is 16.0. The second kappa shape index (κ2) is 7.68. The summed E-state index contributed by atoms with van der Waals surface area (Å²) in [5, 5.41) is 3.25. The number of fused-ring (bicyclic) bond motifs is 1. The van der Waals surface area contributed by atoms with E-state index in [1.807, 2.05) is 36.2 Å². The Morgan fingerprint density at radius 3 is 2.75 bits per heavy atom. The summed E-state index contributed by atoms with van der Waals surface area (Å²) in [5.74, 6) is 1.33. The smallest absolute Gasteiger partial charge is 0.254 e. The minimum Gasteiger partial charge on any atom is -0.497 e. The van der Waals surface area contributed by atoms with Crippen molar-refractivity contribution in [1.29, 1.82) is 0 Å². The Balaban J connectivity index is 1.47. The lowest BCUT2D eigenvalue weighted by molar-refractivity contribution is 0.0733. The molecule has 6 heteroatoms. The molecule has 0 atom stereocenters. The van der Waals surface area contributed by atoms with Crippen molar-refractivity contribution in [3.63, 3.8) is 0 Å². The number of hydrogen-bond donors (Lipinski definition) is 1. The number of aromatic nitrogens is 2. The monoisotopic (exact) mass is 374 g/mol. The molecule has 142 valence electrons. The number of anilines is 2. The molecule has 2 heterocycles. The van der Waals surface area contributed by atoms with Gasteiger partial charge in [-0.2, -0.15) is 0 Å². The lowest BCUT2D eigenvalue weighted by Gasteiger charge is -2.28. The van der Waals surface area contributed by atoms with Crippen LogP contribution in [0.4, 0.5) is 11.6 Å². The Morgan fingerprint density at radius 1 is 1.18 bits per heavy atom. The molecule has 1 aliphatic heterocycles. The maximum Gasteiger partial charge on any atom is 0.254 e. The van der Waals surface area contributed by atoms with Crippen LogP contribution < -0.4 is 10.1 Å². The van der Waals surface area contributed by atoms with E-state index < -0.39 is 0 Å². The van der Waals surface area contributed by atoms with E-state index >= 15 is 0 Å². The fraction of sp³-hybridized carbons (Fsp3) is 0.227. The molecule has 0 saturated carbocycles. The van der Waals surface area contributed by atoms with Gasteiger partial charge < -0.3 is 15.0 Å². The zero-order chi connectivity index (χ0) is 19.5. The number of carbonyl (C=O) groups is 1. The van der Waals surface area contributed by atoms with Gasteiger partial charge in [-0.3, -0.25) is 4.79 Å². The first-order valence-electron chi connectivity index (χ1n) is 9.24. The minimum atomic E-state index is 0.00950. The fourth-order valence-electron chi connectivity index (χ4n) is 3.32. The summed E-state index contributed by atoms with van der Waals surface area (Å²) in [4.78, 5) is 23.7. The van der Waals surface area contributed by atoms with E-state index in [1.54, 1.807) is 31.4 Å². The highest BCUT2D eigenvalue weighted by Crippen LogP contribution is 2.22. The highest BCUT2D eigenvalue weighted by atomic mass is 16.5. The van der Waals surface area contributed by atoms with Gasteiger partial charge in [0.05, 0.1) is 12.8 Å². The van der Waals surface area contributed by atoms with Crippen molar-refractivity contribution in [2.45, 2.75) is 19.9 Å². The molecule has 2 aromatic carbocycles. The van der Waals surface area contributed by atoms with Gasteiger partial charge in [-0.1, -0.05) is 12.1 Å². The molecular weight excluding hydrogens is 352 g/mol. The molecule has 1 N–H and O–H groups in total. The van der Waals surface area contributed by atoms with Crippen LogP contribution >= 0.6 is 0 Å². The van der Waals surface area contributed by atoms with Crippen LogP contribution in [0.15, 0.2) is 54.7 Å². The van der Waals surface area contributed by atoms with Crippen LogP contribution in [0.5, 0.6) is 5.75 Å². The molecular formula is C22H22N4O2. The predicted molar refractivity (Wildman–Crippen MR) is 108 cm³/mol. The topological polar surface area (TPSA) is 67.3 Å². The normalized spacial score (nSPS) is 13.0. The summed E-state index contributed by atoms with van der Waals surface area (Å²) in [5.41, 5.74) is 4.78. The summed E-state index contributed by atoms with van der Waals surface area (Å²) in [6, 6.07) is 15.3. The Kier molecular flexibility index (Phi) is 4.93. The van der Waals surface area contributed by atoms with Gasteiger partial charge in [0.15, 0.2) is 0 Å². The number of methoxy groups -OCH3 is 1. The largest absolute Gasteiger partial charge is 0.497 e.